The third-order valence-electron chi connectivity index (χ3n) is 3.71. The summed E-state index contributed by atoms with van der Waals surface area (Å²) in [5.74, 6) is 1.12. The fourth-order valence-corrected chi connectivity index (χ4v) is 2.61. The molecule has 0 aromatic carbocycles. The van der Waals surface area contributed by atoms with E-state index in [1.165, 1.54) is 0 Å². The first-order valence-electron chi connectivity index (χ1n) is 6.98. The molecular weight excluding hydrogens is 270 g/mol. The zero-order valence-electron chi connectivity index (χ0n) is 11.8. The number of hydrogen-bond donors (Lipinski definition) is 2. The average Bonchev–Trinajstić information content (AvgIpc) is 2.91. The second-order valence-corrected chi connectivity index (χ2v) is 5.36. The van der Waals surface area contributed by atoms with E-state index in [1.807, 2.05) is 6.20 Å². The Balaban J connectivity index is 1.60. The molecule has 2 N–H and O–H groups in total. The Morgan fingerprint density at radius 1 is 1.57 bits per heavy atom. The van der Waals surface area contributed by atoms with E-state index in [2.05, 4.69) is 24.8 Å². The van der Waals surface area contributed by atoms with Crippen LogP contribution < -0.4 is 11.0 Å². The van der Waals surface area contributed by atoms with Gasteiger partial charge in [-0.15, -0.1) is 0 Å². The van der Waals surface area contributed by atoms with Crippen LogP contribution in [0.4, 0.5) is 0 Å². The topological polar surface area (TPSA) is 92.7 Å². The molecule has 7 heteroatoms. The van der Waals surface area contributed by atoms with E-state index >= 15 is 0 Å². The van der Waals surface area contributed by atoms with Gasteiger partial charge in [-0.05, 0) is 25.3 Å². The van der Waals surface area contributed by atoms with Crippen LogP contribution in [0.1, 0.15) is 28.4 Å². The van der Waals surface area contributed by atoms with E-state index < -0.39 is 5.69 Å². The minimum Gasteiger partial charge on any atom is -0.350 e. The molecule has 0 saturated carbocycles. The second kappa shape index (κ2) is 5.51. The van der Waals surface area contributed by atoms with Crippen molar-refractivity contribution in [2.45, 2.75) is 26.3 Å². The van der Waals surface area contributed by atoms with Crippen molar-refractivity contribution in [3.05, 3.63) is 46.2 Å². The number of H-pyrrole nitrogens is 1. The van der Waals surface area contributed by atoms with Crippen molar-refractivity contribution in [3.8, 4) is 0 Å². The van der Waals surface area contributed by atoms with Crippen molar-refractivity contribution in [3.63, 3.8) is 0 Å². The van der Waals surface area contributed by atoms with Gasteiger partial charge in [-0.2, -0.15) is 4.98 Å². The maximum Gasteiger partial charge on any atom is 0.345 e. The Morgan fingerprint density at radius 3 is 3.24 bits per heavy atom. The molecule has 0 radical (unpaired) electrons. The fraction of sp³-hybridized carbons (Fsp3) is 0.429. The minimum absolute atomic E-state index is 0.161. The molecule has 0 unspecified atom stereocenters. The van der Waals surface area contributed by atoms with Gasteiger partial charge in [-0.3, -0.25) is 4.79 Å². The number of rotatable bonds is 3. The van der Waals surface area contributed by atoms with Crippen LogP contribution in [0.3, 0.4) is 0 Å². The Kier molecular flexibility index (Phi) is 3.55. The highest BCUT2D eigenvalue weighted by atomic mass is 16.2. The molecule has 1 aliphatic heterocycles. The van der Waals surface area contributed by atoms with Crippen LogP contribution in [0, 0.1) is 12.8 Å². The summed E-state index contributed by atoms with van der Waals surface area (Å²) in [7, 11) is 0. The highest BCUT2D eigenvalue weighted by molar-refractivity contribution is 5.92. The van der Waals surface area contributed by atoms with Crippen molar-refractivity contribution in [1.82, 2.24) is 24.8 Å². The molecule has 0 spiro atoms. The molecule has 2 aromatic heterocycles. The highest BCUT2D eigenvalue weighted by Gasteiger charge is 2.20. The van der Waals surface area contributed by atoms with Crippen LogP contribution in [0.25, 0.3) is 0 Å². The van der Waals surface area contributed by atoms with Crippen molar-refractivity contribution in [1.29, 1.82) is 0 Å². The van der Waals surface area contributed by atoms with Gasteiger partial charge in [0.25, 0.3) is 5.91 Å². The first kappa shape index (κ1) is 13.5. The molecule has 3 rings (SSSR count). The lowest BCUT2D eigenvalue weighted by Gasteiger charge is -2.23. The van der Waals surface area contributed by atoms with Gasteiger partial charge in [-0.25, -0.2) is 9.78 Å². The Labute approximate surface area is 121 Å². The van der Waals surface area contributed by atoms with Crippen LogP contribution in [-0.4, -0.2) is 32.0 Å². The average molecular weight is 287 g/mol. The van der Waals surface area contributed by atoms with Gasteiger partial charge in [0.2, 0.25) is 0 Å². The van der Waals surface area contributed by atoms with Crippen molar-refractivity contribution < 1.29 is 4.79 Å². The SMILES string of the molecule is Cc1cc(C(=O)NC[C@@H]2CCn3ccnc3C2)nc(=O)[nH]1. The summed E-state index contributed by atoms with van der Waals surface area (Å²) in [6, 6.07) is 1.57. The molecule has 1 atom stereocenters. The molecular formula is C14H17N5O2. The largest absolute Gasteiger partial charge is 0.350 e. The summed E-state index contributed by atoms with van der Waals surface area (Å²) in [6.07, 6.45) is 5.65. The quantitative estimate of drug-likeness (QED) is 0.847. The van der Waals surface area contributed by atoms with E-state index in [9.17, 15) is 9.59 Å². The van der Waals surface area contributed by atoms with Crippen LogP contribution in [0.15, 0.2) is 23.3 Å². The lowest BCUT2D eigenvalue weighted by molar-refractivity contribution is 0.0939. The molecule has 0 saturated heterocycles. The second-order valence-electron chi connectivity index (χ2n) is 5.36. The van der Waals surface area contributed by atoms with E-state index in [4.69, 9.17) is 0 Å². The zero-order valence-corrected chi connectivity index (χ0v) is 11.8. The van der Waals surface area contributed by atoms with Crippen molar-refractivity contribution >= 4 is 5.91 Å². The minimum atomic E-state index is -0.500. The van der Waals surface area contributed by atoms with Gasteiger partial charge in [-0.1, -0.05) is 0 Å². The molecule has 0 bridgehead atoms. The van der Waals surface area contributed by atoms with Crippen molar-refractivity contribution in [2.24, 2.45) is 5.92 Å². The summed E-state index contributed by atoms with van der Waals surface area (Å²) >= 11 is 0. The zero-order chi connectivity index (χ0) is 14.8. The van der Waals surface area contributed by atoms with E-state index in [0.29, 0.717) is 18.2 Å². The number of carbonyl (C=O) groups excluding carboxylic acids is 1. The predicted octanol–water partition coefficient (Wildman–Crippen LogP) is 0.267. The summed E-state index contributed by atoms with van der Waals surface area (Å²) < 4.78 is 2.14. The standard InChI is InChI=1S/C14H17N5O2/c1-9-6-11(18-14(21)17-9)13(20)16-8-10-2-4-19-5-3-15-12(19)7-10/h3,5-6,10H,2,4,7-8H2,1H3,(H,16,20)(H,17,18,21)/t10-/m1/s1. The summed E-state index contributed by atoms with van der Waals surface area (Å²) in [5, 5.41) is 2.85. The normalized spacial score (nSPS) is 17.3. The maximum absolute atomic E-state index is 12.0. The first-order valence-corrected chi connectivity index (χ1v) is 6.98. The summed E-state index contributed by atoms with van der Waals surface area (Å²) in [5.41, 5.74) is 0.285. The summed E-state index contributed by atoms with van der Waals surface area (Å²) in [4.78, 5) is 33.8. The molecule has 1 amide bonds. The number of imidazole rings is 1. The molecule has 1 aliphatic rings. The molecule has 110 valence electrons. The summed E-state index contributed by atoms with van der Waals surface area (Å²) in [6.45, 7) is 3.22. The molecule has 0 fully saturated rings. The van der Waals surface area contributed by atoms with Gasteiger partial charge < -0.3 is 14.9 Å². The van der Waals surface area contributed by atoms with Crippen LogP contribution in [0.2, 0.25) is 0 Å². The number of nitrogens with one attached hydrogen (secondary N) is 2. The lowest BCUT2D eigenvalue weighted by atomic mass is 9.98. The molecule has 21 heavy (non-hydrogen) atoms. The van der Waals surface area contributed by atoms with Gasteiger partial charge in [0.05, 0.1) is 0 Å². The smallest absolute Gasteiger partial charge is 0.345 e. The monoisotopic (exact) mass is 287 g/mol. The highest BCUT2D eigenvalue weighted by Crippen LogP contribution is 2.18. The van der Waals surface area contributed by atoms with Crippen LogP contribution in [0.5, 0.6) is 0 Å². The van der Waals surface area contributed by atoms with E-state index in [0.717, 1.165) is 25.2 Å². The van der Waals surface area contributed by atoms with Gasteiger partial charge in [0.15, 0.2) is 0 Å². The molecule has 0 aliphatic carbocycles. The Hall–Kier alpha value is -2.44. The number of aromatic amines is 1. The van der Waals surface area contributed by atoms with Crippen molar-refractivity contribution in [2.75, 3.05) is 6.54 Å². The lowest BCUT2D eigenvalue weighted by Crippen LogP contribution is -2.34. The molecule has 2 aromatic rings. The first-order chi connectivity index (χ1) is 10.1. The molecule has 3 heterocycles. The van der Waals surface area contributed by atoms with Gasteiger partial charge in [0, 0.05) is 37.6 Å². The number of fused-ring (bicyclic) bond motifs is 1. The third-order valence-corrected chi connectivity index (χ3v) is 3.71. The van der Waals surface area contributed by atoms with Gasteiger partial charge >= 0.3 is 5.69 Å². The number of carbonyl (C=O) groups is 1. The fourth-order valence-electron chi connectivity index (χ4n) is 2.61. The number of hydrogen-bond acceptors (Lipinski definition) is 4. The Morgan fingerprint density at radius 2 is 2.43 bits per heavy atom. The number of aryl methyl sites for hydroxylation is 2. The van der Waals surface area contributed by atoms with Gasteiger partial charge in [0.1, 0.15) is 11.5 Å². The maximum atomic E-state index is 12.0. The predicted molar refractivity (Wildman–Crippen MR) is 76.0 cm³/mol. The number of amides is 1. The number of nitrogens with zero attached hydrogens (tertiary/aromatic N) is 3. The third kappa shape index (κ3) is 3.01. The molecule has 7 nitrogen and oxygen atoms in total. The van der Waals surface area contributed by atoms with Crippen LogP contribution in [-0.2, 0) is 13.0 Å². The van der Waals surface area contributed by atoms with E-state index in [1.54, 1.807) is 19.2 Å². The van der Waals surface area contributed by atoms with E-state index in [-0.39, 0.29) is 11.6 Å². The van der Waals surface area contributed by atoms with Crippen LogP contribution >= 0.6 is 0 Å². The number of aromatic nitrogens is 4. The Bertz CT molecular complexity index is 718.